The topological polar surface area (TPSA) is 120 Å². The first-order valence-corrected chi connectivity index (χ1v) is 13.8. The summed E-state index contributed by atoms with van der Waals surface area (Å²) in [5, 5.41) is 14.9. The molecule has 1 fully saturated rings. The molecule has 3 atom stereocenters. The van der Waals surface area contributed by atoms with Gasteiger partial charge >= 0.3 is 5.97 Å². The molecule has 5 rings (SSSR count). The molecule has 0 saturated carbocycles. The van der Waals surface area contributed by atoms with Crippen LogP contribution < -0.4 is 5.32 Å². The summed E-state index contributed by atoms with van der Waals surface area (Å²) in [4.78, 5) is 59.5. The van der Waals surface area contributed by atoms with Crippen molar-refractivity contribution in [1.29, 1.82) is 0 Å². The molecule has 0 radical (unpaired) electrons. The minimum absolute atomic E-state index is 0.0196. The third kappa shape index (κ3) is 5.47. The van der Waals surface area contributed by atoms with Crippen LogP contribution in [0.2, 0.25) is 0 Å². The van der Waals surface area contributed by atoms with E-state index in [0.717, 1.165) is 34.1 Å². The summed E-state index contributed by atoms with van der Waals surface area (Å²) in [5.74, 6) is -1.99. The first-order chi connectivity index (χ1) is 19.2. The Labute approximate surface area is 233 Å². The van der Waals surface area contributed by atoms with Crippen LogP contribution >= 0.6 is 0 Å². The zero-order chi connectivity index (χ0) is 28.4. The maximum absolute atomic E-state index is 13.8. The number of nitrogens with zero attached hydrogens (tertiary/aromatic N) is 3. The Hall–Kier alpha value is -4.11. The highest BCUT2D eigenvalue weighted by atomic mass is 16.4. The van der Waals surface area contributed by atoms with Gasteiger partial charge in [-0.2, -0.15) is 0 Å². The van der Waals surface area contributed by atoms with E-state index in [1.165, 1.54) is 0 Å². The molecular weight excluding hydrogens is 508 g/mol. The quantitative estimate of drug-likeness (QED) is 0.371. The fourth-order valence-corrected chi connectivity index (χ4v) is 5.82. The number of aliphatic carboxylic acids is 1. The fourth-order valence-electron chi connectivity index (χ4n) is 5.82. The van der Waals surface area contributed by atoms with Crippen molar-refractivity contribution in [2.24, 2.45) is 5.92 Å². The van der Waals surface area contributed by atoms with Crippen LogP contribution in [0.25, 0.3) is 10.8 Å². The van der Waals surface area contributed by atoms with E-state index in [2.05, 4.69) is 10.3 Å². The van der Waals surface area contributed by atoms with Crippen molar-refractivity contribution in [2.45, 2.75) is 57.7 Å². The number of aromatic nitrogens is 1. The number of fused-ring (bicyclic) bond motifs is 2. The van der Waals surface area contributed by atoms with Gasteiger partial charge in [0.2, 0.25) is 5.91 Å². The molecule has 9 nitrogen and oxygen atoms in total. The first kappa shape index (κ1) is 27.5. The lowest BCUT2D eigenvalue weighted by molar-refractivity contribution is -0.141. The van der Waals surface area contributed by atoms with E-state index < -0.39 is 29.9 Å². The summed E-state index contributed by atoms with van der Waals surface area (Å²) in [6.45, 7) is 4.50. The number of hydrogen-bond donors (Lipinski definition) is 2. The van der Waals surface area contributed by atoms with E-state index in [0.29, 0.717) is 24.1 Å². The number of imide groups is 1. The van der Waals surface area contributed by atoms with Crippen molar-refractivity contribution in [3.8, 4) is 0 Å². The molecule has 0 aliphatic carbocycles. The average molecular weight is 543 g/mol. The van der Waals surface area contributed by atoms with Gasteiger partial charge in [0.15, 0.2) is 0 Å². The largest absolute Gasteiger partial charge is 0.480 e. The number of carbonyl (C=O) groups is 4. The number of carboxylic acid groups (broad SMARTS) is 1. The molecule has 208 valence electrons. The second-order valence-electron chi connectivity index (χ2n) is 11.0. The zero-order valence-electron chi connectivity index (χ0n) is 22.7. The number of hydrogen-bond acceptors (Lipinski definition) is 6. The number of carboxylic acids is 1. The van der Waals surface area contributed by atoms with Gasteiger partial charge in [-0.05, 0) is 66.1 Å². The summed E-state index contributed by atoms with van der Waals surface area (Å²) in [5.41, 5.74) is 1.61. The van der Waals surface area contributed by atoms with Crippen molar-refractivity contribution >= 4 is 34.5 Å². The first-order valence-electron chi connectivity index (χ1n) is 13.8. The maximum Gasteiger partial charge on any atom is 0.320 e. The number of nitrogens with one attached hydrogen (secondary N) is 1. The van der Waals surface area contributed by atoms with Crippen LogP contribution in [0.15, 0.2) is 60.9 Å². The van der Waals surface area contributed by atoms with Gasteiger partial charge in [0.05, 0.1) is 23.2 Å². The van der Waals surface area contributed by atoms with Gasteiger partial charge in [-0.3, -0.25) is 34.4 Å². The van der Waals surface area contributed by atoms with Gasteiger partial charge in [-0.15, -0.1) is 0 Å². The smallest absolute Gasteiger partial charge is 0.320 e. The van der Waals surface area contributed by atoms with Gasteiger partial charge in [0.1, 0.15) is 6.04 Å². The molecule has 3 amide bonds. The molecule has 1 aromatic heterocycles. The molecule has 9 heteroatoms. The number of benzene rings is 2. The lowest BCUT2D eigenvalue weighted by atomic mass is 9.99. The molecule has 0 unspecified atom stereocenters. The average Bonchev–Trinajstić information content (AvgIpc) is 3.52. The molecule has 1 saturated heterocycles. The Morgan fingerprint density at radius 3 is 2.27 bits per heavy atom. The minimum atomic E-state index is -1.13. The highest BCUT2D eigenvalue weighted by molar-refractivity contribution is 6.23. The number of carbonyl (C=O) groups excluding carboxylic acids is 3. The number of pyridine rings is 1. The Balaban J connectivity index is 1.31. The predicted molar refractivity (Wildman–Crippen MR) is 150 cm³/mol. The van der Waals surface area contributed by atoms with E-state index in [9.17, 15) is 24.3 Å². The van der Waals surface area contributed by atoms with E-state index in [4.69, 9.17) is 0 Å². The predicted octanol–water partition coefficient (Wildman–Crippen LogP) is 4.04. The molecule has 3 heterocycles. The van der Waals surface area contributed by atoms with E-state index in [1.54, 1.807) is 24.5 Å². The maximum atomic E-state index is 13.8. The van der Waals surface area contributed by atoms with Crippen molar-refractivity contribution in [3.05, 3.63) is 77.6 Å². The molecule has 3 aromatic rings. The number of amides is 3. The van der Waals surface area contributed by atoms with Crippen molar-refractivity contribution in [2.75, 3.05) is 13.1 Å². The lowest BCUT2D eigenvalue weighted by Gasteiger charge is -2.32. The van der Waals surface area contributed by atoms with Crippen LogP contribution in [0.1, 0.15) is 71.9 Å². The second kappa shape index (κ2) is 11.6. The lowest BCUT2D eigenvalue weighted by Crippen LogP contribution is -2.53. The number of likely N-dealkylation sites (tertiary alicyclic amines) is 1. The van der Waals surface area contributed by atoms with Crippen LogP contribution in [-0.4, -0.2) is 68.8 Å². The van der Waals surface area contributed by atoms with E-state index in [1.807, 2.05) is 55.1 Å². The van der Waals surface area contributed by atoms with Crippen LogP contribution in [0.4, 0.5) is 0 Å². The third-order valence-corrected chi connectivity index (χ3v) is 7.79. The normalized spacial score (nSPS) is 18.4. The van der Waals surface area contributed by atoms with Crippen molar-refractivity contribution < 1.29 is 24.3 Å². The van der Waals surface area contributed by atoms with Gasteiger partial charge in [-0.25, -0.2) is 0 Å². The standard InChI is InChI=1S/C31H34N4O5/c1-19(2)15-26(30(38)34-13-6-10-27(34)22-9-5-12-32-18-22)33-25(31(39)40)11-14-35-28(36)23-16-20-7-3-4-8-21(20)17-24(23)29(35)37/h3-5,7-9,12,16-19,25-27,33H,6,10-11,13-15H2,1-2H3,(H,39,40)/t25-,26+,27-/m1/s1. The second-order valence-corrected chi connectivity index (χ2v) is 11.0. The molecule has 0 spiro atoms. The Morgan fingerprint density at radius 1 is 1.02 bits per heavy atom. The minimum Gasteiger partial charge on any atom is -0.480 e. The summed E-state index contributed by atoms with van der Waals surface area (Å²) in [6, 6.07) is 12.8. The van der Waals surface area contributed by atoms with Crippen LogP contribution in [0, 0.1) is 5.92 Å². The number of rotatable bonds is 10. The summed E-state index contributed by atoms with van der Waals surface area (Å²) >= 11 is 0. The van der Waals surface area contributed by atoms with Gasteiger partial charge in [0, 0.05) is 25.5 Å². The monoisotopic (exact) mass is 542 g/mol. The molecular formula is C31H34N4O5. The zero-order valence-corrected chi connectivity index (χ0v) is 22.7. The Kier molecular flexibility index (Phi) is 7.93. The van der Waals surface area contributed by atoms with E-state index >= 15 is 0 Å². The Bertz CT molecular complexity index is 1390. The molecule has 2 N–H and O–H groups in total. The van der Waals surface area contributed by atoms with Crippen LogP contribution in [-0.2, 0) is 9.59 Å². The Morgan fingerprint density at radius 2 is 1.70 bits per heavy atom. The highest BCUT2D eigenvalue weighted by Crippen LogP contribution is 2.33. The summed E-state index contributed by atoms with van der Waals surface area (Å²) in [7, 11) is 0. The highest BCUT2D eigenvalue weighted by Gasteiger charge is 2.39. The molecule has 2 aromatic carbocycles. The third-order valence-electron chi connectivity index (χ3n) is 7.79. The SMILES string of the molecule is CC(C)C[C@H](N[C@H](CCN1C(=O)c2cc3ccccc3cc2C1=O)C(=O)O)C(=O)N1CCC[C@@H]1c1cccnc1. The molecule has 2 aliphatic rings. The van der Waals surface area contributed by atoms with Crippen molar-refractivity contribution in [3.63, 3.8) is 0 Å². The van der Waals surface area contributed by atoms with Crippen molar-refractivity contribution in [1.82, 2.24) is 20.1 Å². The van der Waals surface area contributed by atoms with Gasteiger partial charge in [-0.1, -0.05) is 44.2 Å². The van der Waals surface area contributed by atoms with E-state index in [-0.39, 0.29) is 30.8 Å². The van der Waals surface area contributed by atoms with Crippen LogP contribution in [0.5, 0.6) is 0 Å². The fraction of sp³-hybridized carbons (Fsp3) is 0.387. The molecule has 0 bridgehead atoms. The van der Waals surface area contributed by atoms with Gasteiger partial charge in [0.25, 0.3) is 11.8 Å². The summed E-state index contributed by atoms with van der Waals surface area (Å²) in [6.07, 6.45) is 5.58. The van der Waals surface area contributed by atoms with Gasteiger partial charge < -0.3 is 10.0 Å². The van der Waals surface area contributed by atoms with Crippen LogP contribution in [0.3, 0.4) is 0 Å². The molecule has 40 heavy (non-hydrogen) atoms. The summed E-state index contributed by atoms with van der Waals surface area (Å²) < 4.78 is 0. The molecule has 2 aliphatic heterocycles.